The fourth-order valence-electron chi connectivity index (χ4n) is 6.37. The standard InChI is InChI=1S/C31H33ClF4N8O4S/c1-15-13-19(37)40-25(22(15)31(34,35)36)20-23(32)27-21-26(24(20)33)41-30(48-14-17-6-9-43(10-7-17)49(3,45)46)42-29(21)44(11-12-47-27)16(2)18-5-4-8-39-28(18)38/h4-5,8,13,16-17H,6-7,9-12,14H2,1-3H3,(H2,37,40)(H2,38,39)/t16-/m1/s1. The predicted octanol–water partition coefficient (Wildman–Crippen LogP) is 5.38. The van der Waals surface area contributed by atoms with Gasteiger partial charge in [0.25, 0.3) is 0 Å². The molecule has 2 aliphatic heterocycles. The van der Waals surface area contributed by atoms with Crippen LogP contribution in [0.3, 0.4) is 0 Å². The van der Waals surface area contributed by atoms with Crippen LogP contribution in [0.15, 0.2) is 24.4 Å². The summed E-state index contributed by atoms with van der Waals surface area (Å²) < 4.78 is 97.5. The molecule has 1 fully saturated rings. The van der Waals surface area contributed by atoms with Crippen LogP contribution in [0, 0.1) is 18.7 Å². The third-order valence-corrected chi connectivity index (χ3v) is 10.5. The molecule has 0 radical (unpaired) electrons. The van der Waals surface area contributed by atoms with E-state index < -0.39 is 55.4 Å². The van der Waals surface area contributed by atoms with Crippen LogP contribution in [0.2, 0.25) is 5.02 Å². The molecule has 6 rings (SSSR count). The maximum Gasteiger partial charge on any atom is 0.418 e. The summed E-state index contributed by atoms with van der Waals surface area (Å²) in [5, 5.41) is -0.444. The van der Waals surface area contributed by atoms with E-state index in [9.17, 15) is 21.6 Å². The maximum absolute atomic E-state index is 16.9. The van der Waals surface area contributed by atoms with E-state index in [2.05, 4.69) is 19.9 Å². The summed E-state index contributed by atoms with van der Waals surface area (Å²) in [6.07, 6.45) is -1.24. The normalized spacial score (nSPS) is 16.8. The molecule has 3 aromatic heterocycles. The Balaban J connectivity index is 1.53. The highest BCUT2D eigenvalue weighted by molar-refractivity contribution is 7.88. The molecule has 12 nitrogen and oxygen atoms in total. The number of ether oxygens (including phenoxy) is 2. The van der Waals surface area contributed by atoms with Crippen molar-refractivity contribution in [3.05, 3.63) is 51.9 Å². The Bertz CT molecular complexity index is 2050. The van der Waals surface area contributed by atoms with Crippen LogP contribution in [0.4, 0.5) is 35.0 Å². The minimum Gasteiger partial charge on any atom is -0.489 e. The molecule has 5 heterocycles. The summed E-state index contributed by atoms with van der Waals surface area (Å²) in [5.74, 6) is -1.28. The molecule has 49 heavy (non-hydrogen) atoms. The lowest BCUT2D eigenvalue weighted by molar-refractivity contribution is -0.137. The highest BCUT2D eigenvalue weighted by Crippen LogP contribution is 2.51. The van der Waals surface area contributed by atoms with E-state index in [1.165, 1.54) is 11.2 Å². The molecule has 18 heteroatoms. The number of sulfonamides is 1. The van der Waals surface area contributed by atoms with Crippen LogP contribution in [0.25, 0.3) is 22.2 Å². The number of hydrogen-bond donors (Lipinski definition) is 2. The fourth-order valence-corrected chi connectivity index (χ4v) is 7.56. The van der Waals surface area contributed by atoms with Gasteiger partial charge in [0.15, 0.2) is 11.6 Å². The number of halogens is 5. The molecule has 262 valence electrons. The van der Waals surface area contributed by atoms with Crippen molar-refractivity contribution in [2.75, 3.05) is 55.5 Å². The lowest BCUT2D eigenvalue weighted by atomic mass is 9.98. The van der Waals surface area contributed by atoms with E-state index in [0.717, 1.165) is 12.3 Å². The van der Waals surface area contributed by atoms with Crippen molar-refractivity contribution in [2.45, 2.75) is 38.9 Å². The summed E-state index contributed by atoms with van der Waals surface area (Å²) in [6, 6.07) is 3.79. The molecule has 1 saturated heterocycles. The molecule has 0 unspecified atom stereocenters. The van der Waals surface area contributed by atoms with E-state index in [1.54, 1.807) is 23.2 Å². The van der Waals surface area contributed by atoms with E-state index in [-0.39, 0.29) is 65.8 Å². The Hall–Kier alpha value is -4.22. The summed E-state index contributed by atoms with van der Waals surface area (Å²) in [4.78, 5) is 18.9. The third kappa shape index (κ3) is 6.58. The van der Waals surface area contributed by atoms with E-state index in [1.807, 2.05) is 6.92 Å². The second kappa shape index (κ2) is 12.9. The van der Waals surface area contributed by atoms with Gasteiger partial charge in [0, 0.05) is 24.8 Å². The Morgan fingerprint density at radius 1 is 1.16 bits per heavy atom. The lowest BCUT2D eigenvalue weighted by Gasteiger charge is -2.31. The second-order valence-corrected chi connectivity index (χ2v) is 14.4. The van der Waals surface area contributed by atoms with E-state index in [4.69, 9.17) is 32.5 Å². The number of alkyl halides is 3. The Labute approximate surface area is 284 Å². The number of anilines is 3. The summed E-state index contributed by atoms with van der Waals surface area (Å²) in [5.41, 5.74) is 9.30. The molecule has 0 spiro atoms. The van der Waals surface area contributed by atoms with Crippen molar-refractivity contribution < 1.29 is 35.5 Å². The lowest BCUT2D eigenvalue weighted by Crippen LogP contribution is -2.39. The average molecular weight is 725 g/mol. The van der Waals surface area contributed by atoms with Gasteiger partial charge in [0.05, 0.1) is 52.7 Å². The molecule has 0 aliphatic carbocycles. The van der Waals surface area contributed by atoms with Gasteiger partial charge in [-0.15, -0.1) is 0 Å². The van der Waals surface area contributed by atoms with E-state index in [0.29, 0.717) is 31.5 Å². The average Bonchev–Trinajstić information content (AvgIpc) is 3.21. The Morgan fingerprint density at radius 3 is 2.53 bits per heavy atom. The molecule has 1 atom stereocenters. The number of hydrogen-bond acceptors (Lipinski definition) is 11. The van der Waals surface area contributed by atoms with Gasteiger partial charge in [0.2, 0.25) is 10.0 Å². The van der Waals surface area contributed by atoms with Gasteiger partial charge < -0.3 is 25.8 Å². The van der Waals surface area contributed by atoms with E-state index >= 15 is 4.39 Å². The van der Waals surface area contributed by atoms with Crippen LogP contribution >= 0.6 is 11.6 Å². The molecule has 0 bridgehead atoms. The first-order chi connectivity index (χ1) is 23.1. The van der Waals surface area contributed by atoms with Crippen LogP contribution in [0.5, 0.6) is 11.8 Å². The summed E-state index contributed by atoms with van der Waals surface area (Å²) in [6.45, 7) is 3.87. The van der Waals surface area contributed by atoms with Crippen molar-refractivity contribution in [3.8, 4) is 23.0 Å². The largest absolute Gasteiger partial charge is 0.489 e. The van der Waals surface area contributed by atoms with Crippen molar-refractivity contribution in [1.82, 2.24) is 24.2 Å². The number of rotatable bonds is 7. The van der Waals surface area contributed by atoms with Gasteiger partial charge in [0.1, 0.15) is 29.6 Å². The van der Waals surface area contributed by atoms with Crippen molar-refractivity contribution >= 4 is 50.0 Å². The second-order valence-electron chi connectivity index (χ2n) is 12.1. The number of aromatic nitrogens is 4. The zero-order chi connectivity index (χ0) is 35.4. The molecule has 2 aliphatic rings. The monoisotopic (exact) mass is 724 g/mol. The summed E-state index contributed by atoms with van der Waals surface area (Å²) >= 11 is 6.75. The van der Waals surface area contributed by atoms with Crippen LogP contribution in [-0.4, -0.2) is 71.8 Å². The first-order valence-electron chi connectivity index (χ1n) is 15.3. The number of pyridine rings is 2. The number of benzene rings is 1. The zero-order valence-corrected chi connectivity index (χ0v) is 28.3. The van der Waals surface area contributed by atoms with Gasteiger partial charge in [-0.2, -0.15) is 23.1 Å². The van der Waals surface area contributed by atoms with Gasteiger partial charge in [-0.3, -0.25) is 0 Å². The van der Waals surface area contributed by atoms with Crippen LogP contribution in [0.1, 0.15) is 42.5 Å². The smallest absolute Gasteiger partial charge is 0.418 e. The molecule has 0 saturated carbocycles. The SMILES string of the molecule is Cc1cc(N)nc(-c2c(Cl)c3c4c(nc(OCC5CCN(S(C)(=O)=O)CC5)nc4c2F)N([C@H](C)c2cccnc2N)CCO3)c1C(F)(F)F. The third-order valence-electron chi connectivity index (χ3n) is 8.83. The van der Waals surface area contributed by atoms with Crippen LogP contribution < -0.4 is 25.8 Å². The Kier molecular flexibility index (Phi) is 9.13. The van der Waals surface area contributed by atoms with Crippen molar-refractivity contribution in [3.63, 3.8) is 0 Å². The molecule has 1 aromatic carbocycles. The number of nitrogen functional groups attached to an aromatic ring is 2. The fraction of sp³-hybridized carbons (Fsp3) is 0.419. The number of nitrogens with zero attached hydrogens (tertiary/aromatic N) is 6. The molecule has 4 N–H and O–H groups in total. The first kappa shape index (κ1) is 34.6. The van der Waals surface area contributed by atoms with Crippen LogP contribution in [-0.2, 0) is 16.2 Å². The minimum absolute atomic E-state index is 0.0149. The molecule has 0 amide bonds. The number of piperidine rings is 1. The Morgan fingerprint density at radius 2 is 1.88 bits per heavy atom. The quantitative estimate of drug-likeness (QED) is 0.235. The maximum atomic E-state index is 16.9. The topological polar surface area (TPSA) is 163 Å². The van der Waals surface area contributed by atoms with Gasteiger partial charge >= 0.3 is 12.2 Å². The first-order valence-corrected chi connectivity index (χ1v) is 17.5. The highest BCUT2D eigenvalue weighted by atomic mass is 35.5. The predicted molar refractivity (Wildman–Crippen MR) is 176 cm³/mol. The summed E-state index contributed by atoms with van der Waals surface area (Å²) in [7, 11) is -3.34. The molecular weight excluding hydrogens is 692 g/mol. The highest BCUT2D eigenvalue weighted by Gasteiger charge is 2.40. The van der Waals surface area contributed by atoms with Gasteiger partial charge in [-0.1, -0.05) is 17.7 Å². The molecular formula is C31H33ClF4N8O4S. The minimum atomic E-state index is -4.94. The van der Waals surface area contributed by atoms with Crippen molar-refractivity contribution in [2.24, 2.45) is 5.92 Å². The number of aryl methyl sites for hydroxylation is 1. The number of nitrogens with two attached hydrogens (primary N) is 2. The van der Waals surface area contributed by atoms with Crippen molar-refractivity contribution in [1.29, 1.82) is 0 Å². The zero-order valence-electron chi connectivity index (χ0n) is 26.7. The molecule has 4 aromatic rings. The van der Waals surface area contributed by atoms with Gasteiger partial charge in [-0.25, -0.2) is 27.1 Å². The van der Waals surface area contributed by atoms with Gasteiger partial charge in [-0.05, 0) is 50.3 Å².